The highest BCUT2D eigenvalue weighted by Crippen LogP contribution is 2.33. The third-order valence-corrected chi connectivity index (χ3v) is 3.04. The Bertz CT molecular complexity index is 613. The van der Waals surface area contributed by atoms with Gasteiger partial charge >= 0.3 is 0 Å². The largest absolute Gasteiger partial charge is 0.508 e. The van der Waals surface area contributed by atoms with Gasteiger partial charge in [0.1, 0.15) is 11.5 Å². The Balaban J connectivity index is 2.18. The maximum absolute atomic E-state index is 9.81. The highest BCUT2D eigenvalue weighted by Gasteiger charge is 2.12. The lowest BCUT2D eigenvalue weighted by Crippen LogP contribution is -2.06. The molecule has 20 heavy (non-hydrogen) atoms. The molecule has 2 aromatic carbocycles. The molecule has 0 fully saturated rings. The second-order valence-electron chi connectivity index (χ2n) is 4.50. The Morgan fingerprint density at radius 2 is 1.75 bits per heavy atom. The molecule has 0 saturated carbocycles. The SMILES string of the molecule is COc1ccc(NC(C)c2ccc(O)cc2O)cc1O. The Morgan fingerprint density at radius 1 is 1.00 bits per heavy atom. The number of phenolic OH excluding ortho intramolecular Hbond substituents is 3. The van der Waals surface area contributed by atoms with E-state index in [-0.39, 0.29) is 23.3 Å². The molecule has 0 aliphatic heterocycles. The summed E-state index contributed by atoms with van der Waals surface area (Å²) in [4.78, 5) is 0. The summed E-state index contributed by atoms with van der Waals surface area (Å²) in [7, 11) is 1.49. The fourth-order valence-corrected chi connectivity index (χ4v) is 2.01. The molecule has 0 aromatic heterocycles. The molecule has 0 radical (unpaired) electrons. The van der Waals surface area contributed by atoms with Crippen molar-refractivity contribution in [3.05, 3.63) is 42.0 Å². The Labute approximate surface area is 117 Å². The summed E-state index contributed by atoms with van der Waals surface area (Å²) in [6, 6.07) is 9.23. The maximum Gasteiger partial charge on any atom is 0.160 e. The fraction of sp³-hybridized carbons (Fsp3) is 0.200. The van der Waals surface area contributed by atoms with Gasteiger partial charge in [0, 0.05) is 23.4 Å². The molecule has 5 heteroatoms. The molecule has 0 heterocycles. The first-order valence-corrected chi connectivity index (χ1v) is 6.16. The van der Waals surface area contributed by atoms with E-state index in [4.69, 9.17) is 4.74 Å². The van der Waals surface area contributed by atoms with E-state index < -0.39 is 0 Å². The van der Waals surface area contributed by atoms with E-state index in [0.717, 1.165) is 0 Å². The summed E-state index contributed by atoms with van der Waals surface area (Å²) in [5, 5.41) is 32.0. The summed E-state index contributed by atoms with van der Waals surface area (Å²) in [6.45, 7) is 1.87. The minimum absolute atomic E-state index is 0.0144. The number of anilines is 1. The molecule has 4 N–H and O–H groups in total. The van der Waals surface area contributed by atoms with Crippen LogP contribution < -0.4 is 10.1 Å². The summed E-state index contributed by atoms with van der Waals surface area (Å²) >= 11 is 0. The van der Waals surface area contributed by atoms with Gasteiger partial charge in [-0.05, 0) is 31.2 Å². The van der Waals surface area contributed by atoms with Crippen LogP contribution in [0.4, 0.5) is 5.69 Å². The van der Waals surface area contributed by atoms with E-state index in [9.17, 15) is 15.3 Å². The number of rotatable bonds is 4. The molecule has 0 spiro atoms. The number of aromatic hydroxyl groups is 3. The van der Waals surface area contributed by atoms with Crippen LogP contribution in [-0.4, -0.2) is 22.4 Å². The van der Waals surface area contributed by atoms with Crippen molar-refractivity contribution in [2.45, 2.75) is 13.0 Å². The molecule has 106 valence electrons. The van der Waals surface area contributed by atoms with Gasteiger partial charge in [0.15, 0.2) is 11.5 Å². The van der Waals surface area contributed by atoms with Crippen LogP contribution in [0.5, 0.6) is 23.0 Å². The zero-order chi connectivity index (χ0) is 14.7. The molecule has 0 saturated heterocycles. The minimum Gasteiger partial charge on any atom is -0.508 e. The molecule has 2 aromatic rings. The van der Waals surface area contributed by atoms with Crippen molar-refractivity contribution in [3.63, 3.8) is 0 Å². The first-order chi connectivity index (χ1) is 9.51. The van der Waals surface area contributed by atoms with Crippen molar-refractivity contribution >= 4 is 5.69 Å². The quantitative estimate of drug-likeness (QED) is 0.689. The predicted octanol–water partition coefficient (Wildman–Crippen LogP) is 2.99. The Hall–Kier alpha value is -2.56. The second-order valence-corrected chi connectivity index (χ2v) is 4.50. The average Bonchev–Trinajstić information content (AvgIpc) is 2.38. The van der Waals surface area contributed by atoms with Gasteiger partial charge in [-0.3, -0.25) is 0 Å². The van der Waals surface area contributed by atoms with E-state index in [1.54, 1.807) is 24.3 Å². The standard InChI is InChI=1S/C15H17NO4/c1-9(12-5-4-11(17)8-13(12)18)16-10-3-6-15(20-2)14(19)7-10/h3-9,16-19H,1-2H3. The van der Waals surface area contributed by atoms with Gasteiger partial charge < -0.3 is 25.4 Å². The topological polar surface area (TPSA) is 82.0 Å². The van der Waals surface area contributed by atoms with Gasteiger partial charge in [-0.1, -0.05) is 0 Å². The molecule has 0 aliphatic carbocycles. The van der Waals surface area contributed by atoms with Gasteiger partial charge in [0.05, 0.1) is 13.2 Å². The van der Waals surface area contributed by atoms with E-state index in [2.05, 4.69) is 5.32 Å². The molecule has 1 atom stereocenters. The van der Waals surface area contributed by atoms with Gasteiger partial charge in [-0.15, -0.1) is 0 Å². The maximum atomic E-state index is 9.81. The van der Waals surface area contributed by atoms with E-state index in [0.29, 0.717) is 17.0 Å². The smallest absolute Gasteiger partial charge is 0.160 e. The summed E-state index contributed by atoms with van der Waals surface area (Å²) in [6.07, 6.45) is 0. The van der Waals surface area contributed by atoms with Crippen molar-refractivity contribution in [3.8, 4) is 23.0 Å². The van der Waals surface area contributed by atoms with Crippen LogP contribution in [0.3, 0.4) is 0 Å². The Kier molecular flexibility index (Phi) is 3.89. The van der Waals surface area contributed by atoms with Gasteiger partial charge in [-0.25, -0.2) is 0 Å². The molecular weight excluding hydrogens is 258 g/mol. The van der Waals surface area contributed by atoms with Gasteiger partial charge in [0.25, 0.3) is 0 Å². The fourth-order valence-electron chi connectivity index (χ4n) is 2.01. The number of benzene rings is 2. The van der Waals surface area contributed by atoms with Crippen molar-refractivity contribution < 1.29 is 20.1 Å². The second kappa shape index (κ2) is 5.61. The molecule has 1 unspecified atom stereocenters. The first-order valence-electron chi connectivity index (χ1n) is 6.16. The number of hydrogen-bond acceptors (Lipinski definition) is 5. The molecule has 0 bridgehead atoms. The number of hydrogen-bond donors (Lipinski definition) is 4. The number of methoxy groups -OCH3 is 1. The van der Waals surface area contributed by atoms with Crippen LogP contribution in [0, 0.1) is 0 Å². The molecule has 0 amide bonds. The zero-order valence-electron chi connectivity index (χ0n) is 11.3. The lowest BCUT2D eigenvalue weighted by molar-refractivity contribution is 0.373. The summed E-state index contributed by atoms with van der Waals surface area (Å²) in [5.41, 5.74) is 1.35. The van der Waals surface area contributed by atoms with Crippen LogP contribution >= 0.6 is 0 Å². The van der Waals surface area contributed by atoms with Crippen molar-refractivity contribution in [2.75, 3.05) is 12.4 Å². The van der Waals surface area contributed by atoms with Crippen molar-refractivity contribution in [1.82, 2.24) is 0 Å². The number of nitrogens with one attached hydrogen (secondary N) is 1. The van der Waals surface area contributed by atoms with Crippen LogP contribution in [0.25, 0.3) is 0 Å². The number of phenols is 3. The minimum atomic E-state index is -0.191. The van der Waals surface area contributed by atoms with Gasteiger partial charge in [0.2, 0.25) is 0 Å². The molecule has 0 aliphatic rings. The zero-order valence-corrected chi connectivity index (χ0v) is 11.3. The highest BCUT2D eigenvalue weighted by atomic mass is 16.5. The monoisotopic (exact) mass is 275 g/mol. The normalized spacial score (nSPS) is 11.9. The van der Waals surface area contributed by atoms with Gasteiger partial charge in [-0.2, -0.15) is 0 Å². The van der Waals surface area contributed by atoms with Crippen LogP contribution in [-0.2, 0) is 0 Å². The average molecular weight is 275 g/mol. The highest BCUT2D eigenvalue weighted by molar-refractivity contribution is 5.55. The molecule has 2 rings (SSSR count). The van der Waals surface area contributed by atoms with Crippen LogP contribution in [0.2, 0.25) is 0 Å². The third kappa shape index (κ3) is 2.88. The van der Waals surface area contributed by atoms with Crippen molar-refractivity contribution in [2.24, 2.45) is 0 Å². The van der Waals surface area contributed by atoms with E-state index in [1.165, 1.54) is 19.2 Å². The lowest BCUT2D eigenvalue weighted by atomic mass is 10.1. The van der Waals surface area contributed by atoms with E-state index >= 15 is 0 Å². The summed E-state index contributed by atoms with van der Waals surface area (Å²) < 4.78 is 4.98. The number of ether oxygens (including phenoxy) is 1. The van der Waals surface area contributed by atoms with Crippen LogP contribution in [0.15, 0.2) is 36.4 Å². The van der Waals surface area contributed by atoms with Crippen molar-refractivity contribution in [1.29, 1.82) is 0 Å². The molecule has 5 nitrogen and oxygen atoms in total. The predicted molar refractivity (Wildman–Crippen MR) is 76.5 cm³/mol. The molecular formula is C15H17NO4. The summed E-state index contributed by atoms with van der Waals surface area (Å²) in [5.74, 6) is 0.471. The van der Waals surface area contributed by atoms with Crippen LogP contribution in [0.1, 0.15) is 18.5 Å². The van der Waals surface area contributed by atoms with E-state index in [1.807, 2.05) is 6.92 Å². The Morgan fingerprint density at radius 3 is 2.35 bits per heavy atom. The lowest BCUT2D eigenvalue weighted by Gasteiger charge is -2.17. The first kappa shape index (κ1) is 13.9. The third-order valence-electron chi connectivity index (χ3n) is 3.04.